The third kappa shape index (κ3) is 4.71. The molecule has 1 saturated heterocycles. The van der Waals surface area contributed by atoms with Crippen LogP contribution in [0.1, 0.15) is 36.8 Å². The van der Waals surface area contributed by atoms with E-state index in [1.54, 1.807) is 6.92 Å². The van der Waals surface area contributed by atoms with Crippen molar-refractivity contribution in [2.45, 2.75) is 43.9 Å². The fourth-order valence-electron chi connectivity index (χ4n) is 4.75. The second-order valence-electron chi connectivity index (χ2n) is 8.57. The molecule has 2 aliphatic rings. The first-order valence-electron chi connectivity index (χ1n) is 11.1. The summed E-state index contributed by atoms with van der Waals surface area (Å²) in [7, 11) is 1.50. The molecule has 174 valence electrons. The van der Waals surface area contributed by atoms with Gasteiger partial charge in [0.1, 0.15) is 12.6 Å². The third-order valence-electron chi connectivity index (χ3n) is 6.39. The highest BCUT2D eigenvalue weighted by molar-refractivity contribution is 5.85. The predicted molar refractivity (Wildman–Crippen MR) is 121 cm³/mol. The minimum atomic E-state index is -1.06. The first kappa shape index (κ1) is 22.8. The van der Waals surface area contributed by atoms with E-state index in [-0.39, 0.29) is 43.9 Å². The molecule has 0 aromatic heterocycles. The standard InChI is InChI=1S/C25H28N2O6/c1-15(11-23(28)27-13-16(32-2)12-22(27)24(29)30)26-25(31)33-14-21-19-9-5-3-7-17(19)18-8-4-6-10-20(18)21/h3-10,15-16,21-22H,11-14H2,1-2H3,(H,26,31)(H,29,30)/t15-,16?,22?/m1/s1. The van der Waals surface area contributed by atoms with E-state index in [9.17, 15) is 19.5 Å². The van der Waals surface area contributed by atoms with Crippen molar-refractivity contribution in [2.24, 2.45) is 0 Å². The third-order valence-corrected chi connectivity index (χ3v) is 6.39. The molecule has 1 aliphatic heterocycles. The highest BCUT2D eigenvalue weighted by atomic mass is 16.5. The van der Waals surface area contributed by atoms with Gasteiger partial charge in [-0.3, -0.25) is 4.79 Å². The number of carboxylic acids is 1. The molecule has 3 atom stereocenters. The lowest BCUT2D eigenvalue weighted by Gasteiger charge is -2.23. The number of aliphatic carboxylic acids is 1. The van der Waals surface area contributed by atoms with Crippen molar-refractivity contribution in [3.05, 3.63) is 59.7 Å². The van der Waals surface area contributed by atoms with Gasteiger partial charge in [0.15, 0.2) is 0 Å². The van der Waals surface area contributed by atoms with Gasteiger partial charge in [0.2, 0.25) is 5.91 Å². The van der Waals surface area contributed by atoms with Crippen LogP contribution in [-0.4, -0.2) is 66.4 Å². The number of likely N-dealkylation sites (tertiary alicyclic amines) is 1. The Labute approximate surface area is 192 Å². The number of alkyl carbamates (subject to hydrolysis) is 1. The highest BCUT2D eigenvalue weighted by Crippen LogP contribution is 2.44. The van der Waals surface area contributed by atoms with Gasteiger partial charge in [-0.2, -0.15) is 0 Å². The van der Waals surface area contributed by atoms with Gasteiger partial charge in [0.25, 0.3) is 0 Å². The van der Waals surface area contributed by atoms with E-state index < -0.39 is 24.1 Å². The summed E-state index contributed by atoms with van der Waals surface area (Å²) in [5, 5.41) is 12.1. The monoisotopic (exact) mass is 452 g/mol. The Morgan fingerprint density at radius 1 is 1.09 bits per heavy atom. The smallest absolute Gasteiger partial charge is 0.407 e. The minimum Gasteiger partial charge on any atom is -0.480 e. The van der Waals surface area contributed by atoms with Crippen LogP contribution in [0.5, 0.6) is 0 Å². The van der Waals surface area contributed by atoms with Gasteiger partial charge in [0.05, 0.1) is 6.10 Å². The predicted octanol–water partition coefficient (Wildman–Crippen LogP) is 3.00. The summed E-state index contributed by atoms with van der Waals surface area (Å²) >= 11 is 0. The summed E-state index contributed by atoms with van der Waals surface area (Å²) in [6.45, 7) is 2.10. The second-order valence-corrected chi connectivity index (χ2v) is 8.57. The molecule has 33 heavy (non-hydrogen) atoms. The maximum Gasteiger partial charge on any atom is 0.407 e. The van der Waals surface area contributed by atoms with E-state index in [1.165, 1.54) is 12.0 Å². The number of nitrogens with one attached hydrogen (secondary N) is 1. The Kier molecular flexibility index (Phi) is 6.65. The average molecular weight is 453 g/mol. The summed E-state index contributed by atoms with van der Waals surface area (Å²) in [5.41, 5.74) is 4.54. The quantitative estimate of drug-likeness (QED) is 0.669. The number of hydrogen-bond acceptors (Lipinski definition) is 5. The number of carbonyl (C=O) groups is 3. The molecule has 8 heteroatoms. The first-order valence-corrected chi connectivity index (χ1v) is 11.1. The van der Waals surface area contributed by atoms with Gasteiger partial charge in [-0.25, -0.2) is 9.59 Å². The molecule has 8 nitrogen and oxygen atoms in total. The minimum absolute atomic E-state index is 0.0234. The fourth-order valence-corrected chi connectivity index (χ4v) is 4.75. The average Bonchev–Trinajstić information content (AvgIpc) is 3.38. The maximum absolute atomic E-state index is 12.7. The zero-order valence-electron chi connectivity index (χ0n) is 18.7. The number of carbonyl (C=O) groups excluding carboxylic acids is 2. The van der Waals surface area contributed by atoms with Crippen LogP contribution in [0.15, 0.2) is 48.5 Å². The van der Waals surface area contributed by atoms with Crippen molar-refractivity contribution in [1.82, 2.24) is 10.2 Å². The molecule has 2 unspecified atom stereocenters. The first-order chi connectivity index (χ1) is 15.9. The van der Waals surface area contributed by atoms with Gasteiger partial charge in [-0.1, -0.05) is 48.5 Å². The maximum atomic E-state index is 12.7. The largest absolute Gasteiger partial charge is 0.480 e. The van der Waals surface area contributed by atoms with E-state index in [2.05, 4.69) is 17.4 Å². The molecule has 2 amide bonds. The number of fused-ring (bicyclic) bond motifs is 3. The van der Waals surface area contributed by atoms with Crippen LogP contribution < -0.4 is 5.32 Å². The summed E-state index contributed by atoms with van der Waals surface area (Å²) in [4.78, 5) is 37.9. The molecule has 1 fully saturated rings. The Balaban J connectivity index is 1.32. The van der Waals surface area contributed by atoms with Gasteiger partial charge < -0.3 is 24.8 Å². The second kappa shape index (κ2) is 9.62. The van der Waals surface area contributed by atoms with E-state index in [0.29, 0.717) is 0 Å². The van der Waals surface area contributed by atoms with Crippen LogP contribution >= 0.6 is 0 Å². The van der Waals surface area contributed by atoms with E-state index in [4.69, 9.17) is 9.47 Å². The van der Waals surface area contributed by atoms with Crippen molar-refractivity contribution in [2.75, 3.05) is 20.3 Å². The van der Waals surface area contributed by atoms with Crippen LogP contribution in [0, 0.1) is 0 Å². The Hall–Kier alpha value is -3.39. The number of nitrogens with zero attached hydrogens (tertiary/aromatic N) is 1. The molecule has 1 heterocycles. The molecule has 2 N–H and O–H groups in total. The molecule has 2 aromatic carbocycles. The number of rotatable bonds is 7. The van der Waals surface area contributed by atoms with Gasteiger partial charge in [0, 0.05) is 38.5 Å². The lowest BCUT2D eigenvalue weighted by Crippen LogP contribution is -2.44. The zero-order chi connectivity index (χ0) is 23.5. The van der Waals surface area contributed by atoms with Gasteiger partial charge in [-0.05, 0) is 29.2 Å². The van der Waals surface area contributed by atoms with Crippen molar-refractivity contribution in [1.29, 1.82) is 0 Å². The Morgan fingerprint density at radius 2 is 1.70 bits per heavy atom. The number of hydrogen-bond donors (Lipinski definition) is 2. The van der Waals surface area contributed by atoms with Crippen LogP contribution in [0.2, 0.25) is 0 Å². The van der Waals surface area contributed by atoms with Crippen molar-refractivity contribution < 1.29 is 29.0 Å². The Morgan fingerprint density at radius 3 is 2.27 bits per heavy atom. The number of carboxylic acid groups (broad SMARTS) is 1. The van der Waals surface area contributed by atoms with E-state index in [1.807, 2.05) is 36.4 Å². The normalized spacial score (nSPS) is 20.1. The van der Waals surface area contributed by atoms with Crippen LogP contribution in [0.25, 0.3) is 11.1 Å². The molecule has 1 aliphatic carbocycles. The lowest BCUT2D eigenvalue weighted by atomic mass is 9.98. The molecule has 4 rings (SSSR count). The number of methoxy groups -OCH3 is 1. The van der Waals surface area contributed by atoms with Crippen molar-refractivity contribution in [3.8, 4) is 11.1 Å². The van der Waals surface area contributed by atoms with E-state index >= 15 is 0 Å². The lowest BCUT2D eigenvalue weighted by molar-refractivity contribution is -0.148. The Bertz CT molecular complexity index is 1010. The summed E-state index contributed by atoms with van der Waals surface area (Å²) in [6.07, 6.45) is -0.681. The SMILES string of the molecule is COC1CC(C(=O)O)N(C(=O)C[C@@H](C)NC(=O)OCC2c3ccccc3-c3ccccc32)C1. The highest BCUT2D eigenvalue weighted by Gasteiger charge is 2.40. The van der Waals surface area contributed by atoms with Gasteiger partial charge >= 0.3 is 12.1 Å². The zero-order valence-corrected chi connectivity index (χ0v) is 18.7. The number of amides is 2. The summed E-state index contributed by atoms with van der Waals surface area (Å²) in [6, 6.07) is 14.7. The molecular weight excluding hydrogens is 424 g/mol. The molecule has 0 saturated carbocycles. The topological polar surface area (TPSA) is 105 Å². The summed E-state index contributed by atoms with van der Waals surface area (Å²) in [5.74, 6) is -1.44. The number of ether oxygens (including phenoxy) is 2. The summed E-state index contributed by atoms with van der Waals surface area (Å²) < 4.78 is 10.7. The van der Waals surface area contributed by atoms with E-state index in [0.717, 1.165) is 22.3 Å². The van der Waals surface area contributed by atoms with Crippen LogP contribution in [-0.2, 0) is 19.1 Å². The molecule has 0 bridgehead atoms. The van der Waals surface area contributed by atoms with Gasteiger partial charge in [-0.15, -0.1) is 0 Å². The van der Waals surface area contributed by atoms with Crippen LogP contribution in [0.4, 0.5) is 4.79 Å². The van der Waals surface area contributed by atoms with Crippen LogP contribution in [0.3, 0.4) is 0 Å². The van der Waals surface area contributed by atoms with Crippen molar-refractivity contribution in [3.63, 3.8) is 0 Å². The molecule has 0 radical (unpaired) electrons. The molecular formula is C25H28N2O6. The van der Waals surface area contributed by atoms with Crippen molar-refractivity contribution >= 4 is 18.0 Å². The molecule has 2 aromatic rings. The number of benzene rings is 2. The fraction of sp³-hybridized carbons (Fsp3) is 0.400. The molecule has 0 spiro atoms.